The van der Waals surface area contributed by atoms with Crippen LogP contribution in [-0.4, -0.2) is 36.0 Å². The van der Waals surface area contributed by atoms with Crippen LogP contribution in [0.4, 0.5) is 18.9 Å². The van der Waals surface area contributed by atoms with Gasteiger partial charge in [-0.05, 0) is 55.4 Å². The molecule has 138 valence electrons. The van der Waals surface area contributed by atoms with E-state index in [1.54, 1.807) is 18.2 Å². The zero-order chi connectivity index (χ0) is 17.9. The molecule has 4 aliphatic heterocycles. The van der Waals surface area contributed by atoms with Crippen molar-refractivity contribution in [2.45, 2.75) is 31.0 Å². The van der Waals surface area contributed by atoms with Gasteiger partial charge in [-0.2, -0.15) is 13.2 Å². The predicted molar refractivity (Wildman–Crippen MR) is 94.7 cm³/mol. The fourth-order valence-electron chi connectivity index (χ4n) is 4.40. The second-order valence-electron chi connectivity index (χ2n) is 7.39. The largest absolute Gasteiger partial charge is 0.425 e. The van der Waals surface area contributed by atoms with Gasteiger partial charge in [-0.3, -0.25) is 10.3 Å². The van der Waals surface area contributed by atoms with Crippen molar-refractivity contribution in [3.8, 4) is 0 Å². The first-order valence-corrected chi connectivity index (χ1v) is 9.58. The second kappa shape index (κ2) is 5.68. The number of nitrogens with zero attached hydrogens (tertiary/aromatic N) is 2. The van der Waals surface area contributed by atoms with E-state index < -0.39 is 11.1 Å². The highest BCUT2D eigenvalue weighted by Gasteiger charge is 2.52. The number of thiophene rings is 1. The molecule has 4 saturated heterocycles. The van der Waals surface area contributed by atoms with Crippen LogP contribution in [0.15, 0.2) is 29.3 Å². The number of hydrogen-bond acceptors (Lipinski definition) is 4. The first kappa shape index (κ1) is 16.5. The summed E-state index contributed by atoms with van der Waals surface area (Å²) in [5.74, 6) is 1.30. The molecular formula is C18H18F3N3OS. The van der Waals surface area contributed by atoms with Crippen molar-refractivity contribution < 1.29 is 18.0 Å². The van der Waals surface area contributed by atoms with E-state index in [9.17, 15) is 13.2 Å². The topological polar surface area (TPSA) is 36.9 Å². The van der Waals surface area contributed by atoms with Crippen LogP contribution in [0.3, 0.4) is 0 Å². The van der Waals surface area contributed by atoms with Crippen LogP contribution < -0.4 is 5.48 Å². The molecule has 8 heteroatoms. The molecule has 6 rings (SSSR count). The summed E-state index contributed by atoms with van der Waals surface area (Å²) in [6, 6.07) is 6.35. The molecule has 1 N–H and O–H groups in total. The van der Waals surface area contributed by atoms with Crippen LogP contribution in [0.2, 0.25) is 0 Å². The van der Waals surface area contributed by atoms with Gasteiger partial charge in [0.25, 0.3) is 0 Å². The van der Waals surface area contributed by atoms with E-state index in [1.165, 1.54) is 6.07 Å². The molecule has 0 amide bonds. The Morgan fingerprint density at radius 3 is 2.73 bits per heavy atom. The Labute approximate surface area is 152 Å². The van der Waals surface area contributed by atoms with Crippen molar-refractivity contribution in [3.63, 3.8) is 0 Å². The SMILES string of the molecule is FC(F)(F)c1cc2ccc(N=C3CC4(CN5CCC4CC5)ON3)cc2s1. The van der Waals surface area contributed by atoms with E-state index in [-0.39, 0.29) is 5.60 Å². The van der Waals surface area contributed by atoms with Crippen molar-refractivity contribution in [2.75, 3.05) is 19.6 Å². The normalized spacial score (nSPS) is 32.7. The molecule has 4 fully saturated rings. The fraction of sp³-hybridized carbons (Fsp3) is 0.500. The molecule has 1 spiro atoms. The summed E-state index contributed by atoms with van der Waals surface area (Å²) in [7, 11) is 0. The molecular weight excluding hydrogens is 363 g/mol. The Bertz CT molecular complexity index is 885. The third-order valence-electron chi connectivity index (χ3n) is 5.71. The number of amidine groups is 1. The van der Waals surface area contributed by atoms with Crippen LogP contribution >= 0.6 is 11.3 Å². The maximum absolute atomic E-state index is 12.9. The summed E-state index contributed by atoms with van der Waals surface area (Å²) in [4.78, 5) is 12.4. The molecule has 0 radical (unpaired) electrons. The standard InChI is InChI=1S/C18H18F3N3OS/c19-18(20,21)15-7-11-1-2-13(8-14(11)26-15)22-16-9-17(25-23-16)10-24-5-3-12(17)4-6-24/h1-2,7-8,12H,3-6,9-10H2,(H,22,23). The molecule has 4 nitrogen and oxygen atoms in total. The summed E-state index contributed by atoms with van der Waals surface area (Å²) in [5, 5.41) is 0.593. The van der Waals surface area contributed by atoms with Crippen LogP contribution in [0.5, 0.6) is 0 Å². The first-order valence-electron chi connectivity index (χ1n) is 8.76. The highest BCUT2D eigenvalue weighted by atomic mass is 32.1. The Balaban J connectivity index is 1.40. The second-order valence-corrected chi connectivity index (χ2v) is 8.47. The Hall–Kier alpha value is -1.64. The van der Waals surface area contributed by atoms with Gasteiger partial charge in [0.1, 0.15) is 16.3 Å². The zero-order valence-electron chi connectivity index (χ0n) is 14.0. The fourth-order valence-corrected chi connectivity index (χ4v) is 5.37. The molecule has 1 unspecified atom stereocenters. The van der Waals surface area contributed by atoms with Crippen LogP contribution in [0.1, 0.15) is 24.1 Å². The smallest absolute Gasteiger partial charge is 0.300 e. The lowest BCUT2D eigenvalue weighted by atomic mass is 9.74. The predicted octanol–water partition coefficient (Wildman–Crippen LogP) is 4.34. The number of alkyl halides is 3. The summed E-state index contributed by atoms with van der Waals surface area (Å²) in [6.45, 7) is 3.19. The van der Waals surface area contributed by atoms with E-state index >= 15 is 0 Å². The summed E-state index contributed by atoms with van der Waals surface area (Å²) >= 11 is 0.755. The van der Waals surface area contributed by atoms with E-state index in [0.717, 1.165) is 56.1 Å². The van der Waals surface area contributed by atoms with Crippen molar-refractivity contribution in [1.29, 1.82) is 0 Å². The van der Waals surface area contributed by atoms with Gasteiger partial charge in [0.15, 0.2) is 0 Å². The average Bonchev–Trinajstić information content (AvgIpc) is 3.20. The number of fused-ring (bicyclic) bond motifs is 3. The number of aliphatic imine (C=N–C) groups is 1. The van der Waals surface area contributed by atoms with Crippen LogP contribution in [0.25, 0.3) is 10.1 Å². The molecule has 2 aromatic rings. The minimum Gasteiger partial charge on any atom is -0.300 e. The van der Waals surface area contributed by atoms with Gasteiger partial charge in [0.2, 0.25) is 0 Å². The zero-order valence-corrected chi connectivity index (χ0v) is 14.8. The molecule has 0 aliphatic carbocycles. The summed E-state index contributed by atoms with van der Waals surface area (Å²) in [5.41, 5.74) is 3.42. The number of halogens is 3. The minimum absolute atomic E-state index is 0.203. The van der Waals surface area contributed by atoms with Gasteiger partial charge in [-0.15, -0.1) is 11.3 Å². The van der Waals surface area contributed by atoms with Gasteiger partial charge in [-0.25, -0.2) is 4.99 Å². The number of hydroxylamine groups is 1. The Morgan fingerprint density at radius 2 is 2.04 bits per heavy atom. The van der Waals surface area contributed by atoms with Crippen molar-refractivity contribution in [1.82, 2.24) is 10.4 Å². The molecule has 26 heavy (non-hydrogen) atoms. The van der Waals surface area contributed by atoms with Crippen LogP contribution in [-0.2, 0) is 11.0 Å². The van der Waals surface area contributed by atoms with E-state index in [4.69, 9.17) is 4.84 Å². The average molecular weight is 381 g/mol. The van der Waals surface area contributed by atoms with Gasteiger partial charge in [0.05, 0.1) is 5.69 Å². The Morgan fingerprint density at radius 1 is 1.23 bits per heavy atom. The van der Waals surface area contributed by atoms with Crippen molar-refractivity contribution in [3.05, 3.63) is 29.1 Å². The number of hydrogen-bond donors (Lipinski definition) is 1. The third kappa shape index (κ3) is 2.71. The summed E-state index contributed by atoms with van der Waals surface area (Å²) < 4.78 is 39.2. The molecule has 5 heterocycles. The number of benzene rings is 1. The van der Waals surface area contributed by atoms with Gasteiger partial charge < -0.3 is 4.90 Å². The maximum atomic E-state index is 12.9. The maximum Gasteiger partial charge on any atom is 0.425 e. The quantitative estimate of drug-likeness (QED) is 0.798. The number of rotatable bonds is 1. The van der Waals surface area contributed by atoms with E-state index in [1.807, 2.05) is 0 Å². The monoisotopic (exact) mass is 381 g/mol. The molecule has 4 aliphatic rings. The molecule has 0 saturated carbocycles. The molecule has 2 bridgehead atoms. The lowest BCUT2D eigenvalue weighted by molar-refractivity contribution is -0.150. The van der Waals surface area contributed by atoms with Gasteiger partial charge >= 0.3 is 6.18 Å². The lowest BCUT2D eigenvalue weighted by Crippen LogP contribution is -2.59. The Kier molecular flexibility index (Phi) is 3.61. The van der Waals surface area contributed by atoms with Gasteiger partial charge in [-0.1, -0.05) is 6.07 Å². The lowest BCUT2D eigenvalue weighted by Gasteiger charge is -2.49. The van der Waals surface area contributed by atoms with Crippen LogP contribution in [0, 0.1) is 5.92 Å². The molecule has 1 atom stereocenters. The molecule has 1 aromatic heterocycles. The minimum atomic E-state index is -4.31. The molecule has 1 aromatic carbocycles. The van der Waals surface area contributed by atoms with E-state index in [2.05, 4.69) is 15.4 Å². The number of nitrogens with one attached hydrogen (secondary N) is 1. The third-order valence-corrected chi connectivity index (χ3v) is 6.85. The first-order chi connectivity index (χ1) is 12.4. The van der Waals surface area contributed by atoms with E-state index in [0.29, 0.717) is 21.7 Å². The van der Waals surface area contributed by atoms with Gasteiger partial charge in [0, 0.05) is 17.7 Å². The van der Waals surface area contributed by atoms with Crippen molar-refractivity contribution in [2.24, 2.45) is 10.9 Å². The number of piperidine rings is 3. The highest BCUT2D eigenvalue weighted by molar-refractivity contribution is 7.19. The van der Waals surface area contributed by atoms with Crippen molar-refractivity contribution >= 4 is 32.9 Å². The summed E-state index contributed by atoms with van der Waals surface area (Å²) in [6.07, 6.45) is -1.28. The highest BCUT2D eigenvalue weighted by Crippen LogP contribution is 2.43.